The van der Waals surface area contributed by atoms with E-state index < -0.39 is 0 Å². The Kier molecular flexibility index (Phi) is 6.08. The molecule has 5 nitrogen and oxygen atoms in total. The number of rotatable bonds is 6. The van der Waals surface area contributed by atoms with Crippen LogP contribution in [0.1, 0.15) is 64.6 Å². The maximum Gasteiger partial charge on any atom is 0.233 e. The van der Waals surface area contributed by atoms with Crippen molar-refractivity contribution in [1.82, 2.24) is 20.1 Å². The van der Waals surface area contributed by atoms with E-state index in [2.05, 4.69) is 36.0 Å². The van der Waals surface area contributed by atoms with Crippen molar-refractivity contribution >= 4 is 17.7 Å². The van der Waals surface area contributed by atoms with Gasteiger partial charge in [0.1, 0.15) is 5.82 Å². The first-order valence-corrected chi connectivity index (χ1v) is 8.95. The van der Waals surface area contributed by atoms with Gasteiger partial charge in [0.2, 0.25) is 11.1 Å². The molecule has 0 unspecified atom stereocenters. The summed E-state index contributed by atoms with van der Waals surface area (Å²) in [6, 6.07) is 0.440. The van der Waals surface area contributed by atoms with Crippen molar-refractivity contribution in [3.63, 3.8) is 0 Å². The lowest BCUT2D eigenvalue weighted by atomic mass is 9.94. The van der Waals surface area contributed by atoms with Crippen LogP contribution in [0.15, 0.2) is 5.16 Å². The number of nitrogens with zero attached hydrogens (tertiary/aromatic N) is 3. The van der Waals surface area contributed by atoms with Gasteiger partial charge in [0.25, 0.3) is 0 Å². The van der Waals surface area contributed by atoms with Gasteiger partial charge in [0, 0.05) is 18.5 Å². The van der Waals surface area contributed by atoms with Crippen molar-refractivity contribution in [3.05, 3.63) is 5.82 Å². The second-order valence-corrected chi connectivity index (χ2v) is 6.86. The summed E-state index contributed by atoms with van der Waals surface area (Å²) in [5, 5.41) is 7.76. The fraction of sp³-hybridized carbons (Fsp3) is 0.800. The predicted octanol–water partition coefficient (Wildman–Crippen LogP) is 3.20. The molecule has 1 aliphatic carbocycles. The second-order valence-electron chi connectivity index (χ2n) is 5.92. The largest absolute Gasteiger partial charge is 0.339 e. The SMILES string of the molecule is CCN(C(=O)CSc1n[nH]c(C(C)C)n1)C1CCCCC1. The Hall–Kier alpha value is -1.04. The molecule has 1 aromatic rings. The topological polar surface area (TPSA) is 61.9 Å². The molecule has 21 heavy (non-hydrogen) atoms. The first-order valence-electron chi connectivity index (χ1n) is 7.96. The number of carbonyl (C=O) groups excluding carboxylic acids is 1. The van der Waals surface area contributed by atoms with E-state index in [0.717, 1.165) is 25.2 Å². The Morgan fingerprint density at radius 1 is 1.38 bits per heavy atom. The maximum atomic E-state index is 12.4. The highest BCUT2D eigenvalue weighted by molar-refractivity contribution is 7.99. The van der Waals surface area contributed by atoms with Gasteiger partial charge in [-0.1, -0.05) is 44.9 Å². The van der Waals surface area contributed by atoms with Crippen molar-refractivity contribution in [2.45, 2.75) is 70.0 Å². The fourth-order valence-corrected chi connectivity index (χ4v) is 3.51. The minimum atomic E-state index is 0.213. The van der Waals surface area contributed by atoms with E-state index in [9.17, 15) is 4.79 Å². The summed E-state index contributed by atoms with van der Waals surface area (Å²) < 4.78 is 0. The summed E-state index contributed by atoms with van der Waals surface area (Å²) in [5.41, 5.74) is 0. The summed E-state index contributed by atoms with van der Waals surface area (Å²) >= 11 is 1.43. The summed E-state index contributed by atoms with van der Waals surface area (Å²) in [6.45, 7) is 7.01. The van der Waals surface area contributed by atoms with Gasteiger partial charge in [-0.2, -0.15) is 0 Å². The Morgan fingerprint density at radius 3 is 2.67 bits per heavy atom. The zero-order valence-corrected chi connectivity index (χ0v) is 14.1. The smallest absolute Gasteiger partial charge is 0.233 e. The number of amides is 1. The number of aromatic amines is 1. The monoisotopic (exact) mass is 310 g/mol. The van der Waals surface area contributed by atoms with Crippen LogP contribution >= 0.6 is 11.8 Å². The van der Waals surface area contributed by atoms with Crippen molar-refractivity contribution < 1.29 is 4.79 Å². The molecule has 0 spiro atoms. The van der Waals surface area contributed by atoms with Gasteiger partial charge < -0.3 is 4.90 Å². The third-order valence-corrected chi connectivity index (χ3v) is 4.86. The molecule has 0 aliphatic heterocycles. The van der Waals surface area contributed by atoms with Gasteiger partial charge in [0.15, 0.2) is 0 Å². The number of aromatic nitrogens is 3. The van der Waals surface area contributed by atoms with E-state index in [0.29, 0.717) is 22.9 Å². The quantitative estimate of drug-likeness (QED) is 0.820. The highest BCUT2D eigenvalue weighted by Crippen LogP contribution is 2.24. The number of nitrogens with one attached hydrogen (secondary N) is 1. The van der Waals surface area contributed by atoms with E-state index in [1.54, 1.807) is 0 Å². The number of hydrogen-bond acceptors (Lipinski definition) is 4. The summed E-state index contributed by atoms with van der Waals surface area (Å²) in [6.07, 6.45) is 6.12. The average molecular weight is 310 g/mol. The standard InChI is InChI=1S/C15H26N4OS/c1-4-19(12-8-6-5-7-9-12)13(20)10-21-15-16-14(11(2)3)17-18-15/h11-12H,4-10H2,1-3H3,(H,16,17,18). The number of hydrogen-bond donors (Lipinski definition) is 1. The minimum Gasteiger partial charge on any atom is -0.339 e. The van der Waals surface area contributed by atoms with Crippen molar-refractivity contribution in [1.29, 1.82) is 0 Å². The summed E-state index contributed by atoms with van der Waals surface area (Å²) in [7, 11) is 0. The zero-order chi connectivity index (χ0) is 15.2. The predicted molar refractivity (Wildman–Crippen MR) is 85.5 cm³/mol. The van der Waals surface area contributed by atoms with Gasteiger partial charge in [0.05, 0.1) is 5.75 Å². The fourth-order valence-electron chi connectivity index (χ4n) is 2.82. The second kappa shape index (κ2) is 7.82. The molecule has 2 rings (SSSR count). The molecule has 0 bridgehead atoms. The molecular weight excluding hydrogens is 284 g/mol. The number of H-pyrrole nitrogens is 1. The average Bonchev–Trinajstić information content (AvgIpc) is 2.96. The van der Waals surface area contributed by atoms with Crippen molar-refractivity contribution in [3.8, 4) is 0 Å². The maximum absolute atomic E-state index is 12.4. The van der Waals surface area contributed by atoms with E-state index in [1.807, 2.05) is 4.90 Å². The highest BCUT2D eigenvalue weighted by atomic mass is 32.2. The zero-order valence-electron chi connectivity index (χ0n) is 13.3. The summed E-state index contributed by atoms with van der Waals surface area (Å²) in [4.78, 5) is 18.9. The third-order valence-electron chi connectivity index (χ3n) is 4.03. The van der Waals surface area contributed by atoms with Crippen LogP contribution in [0.4, 0.5) is 0 Å². The molecular formula is C15H26N4OS. The van der Waals surface area contributed by atoms with Gasteiger partial charge in [-0.05, 0) is 19.8 Å². The molecule has 118 valence electrons. The van der Waals surface area contributed by atoms with Crippen LogP contribution < -0.4 is 0 Å². The molecule has 0 aromatic carbocycles. The lowest BCUT2D eigenvalue weighted by Gasteiger charge is -2.33. The molecule has 1 fully saturated rings. The van der Waals surface area contributed by atoms with Gasteiger partial charge >= 0.3 is 0 Å². The lowest BCUT2D eigenvalue weighted by molar-refractivity contribution is -0.131. The Morgan fingerprint density at radius 2 is 2.10 bits per heavy atom. The molecule has 1 amide bonds. The minimum absolute atomic E-state index is 0.213. The lowest BCUT2D eigenvalue weighted by Crippen LogP contribution is -2.42. The van der Waals surface area contributed by atoms with Crippen molar-refractivity contribution in [2.75, 3.05) is 12.3 Å². The van der Waals surface area contributed by atoms with Crippen LogP contribution in [0, 0.1) is 0 Å². The van der Waals surface area contributed by atoms with Crippen LogP contribution in [0.2, 0.25) is 0 Å². The van der Waals surface area contributed by atoms with Crippen LogP contribution in [0.25, 0.3) is 0 Å². The van der Waals surface area contributed by atoms with E-state index in [1.165, 1.54) is 31.0 Å². The van der Waals surface area contributed by atoms with E-state index in [4.69, 9.17) is 0 Å². The van der Waals surface area contributed by atoms with Crippen LogP contribution in [-0.4, -0.2) is 44.3 Å². The first-order chi connectivity index (χ1) is 10.1. The van der Waals surface area contributed by atoms with Gasteiger partial charge in [-0.25, -0.2) is 4.98 Å². The van der Waals surface area contributed by atoms with Crippen LogP contribution in [-0.2, 0) is 4.79 Å². The molecule has 0 atom stereocenters. The summed E-state index contributed by atoms with van der Waals surface area (Å²) in [5.74, 6) is 1.85. The highest BCUT2D eigenvalue weighted by Gasteiger charge is 2.24. The van der Waals surface area contributed by atoms with E-state index >= 15 is 0 Å². The third kappa shape index (κ3) is 4.46. The molecule has 0 saturated heterocycles. The molecule has 1 aliphatic rings. The van der Waals surface area contributed by atoms with Gasteiger partial charge in [-0.3, -0.25) is 9.89 Å². The number of thioether (sulfide) groups is 1. The van der Waals surface area contributed by atoms with Crippen LogP contribution in [0.5, 0.6) is 0 Å². The van der Waals surface area contributed by atoms with Gasteiger partial charge in [-0.15, -0.1) is 5.10 Å². The molecule has 1 heterocycles. The van der Waals surface area contributed by atoms with E-state index in [-0.39, 0.29) is 5.91 Å². The first kappa shape index (κ1) is 16.3. The number of carbonyl (C=O) groups is 1. The molecule has 1 N–H and O–H groups in total. The molecule has 1 saturated carbocycles. The molecule has 1 aromatic heterocycles. The molecule has 0 radical (unpaired) electrons. The Balaban J connectivity index is 1.86. The van der Waals surface area contributed by atoms with Crippen LogP contribution in [0.3, 0.4) is 0 Å². The van der Waals surface area contributed by atoms with Crippen molar-refractivity contribution in [2.24, 2.45) is 0 Å². The normalized spacial score (nSPS) is 16.4. The Bertz CT molecular complexity index is 454. The Labute approximate surface area is 131 Å². The molecule has 6 heteroatoms.